The number of rotatable bonds is 3. The fraction of sp³-hybridized carbons (Fsp3) is 0.722. The normalized spacial score (nSPS) is 41.6. The molecule has 0 unspecified atom stereocenters. The molecule has 7 atom stereocenters. The molecule has 0 aromatic rings. The van der Waals surface area contributed by atoms with Gasteiger partial charge in [-0.25, -0.2) is 4.79 Å². The third-order valence-electron chi connectivity index (χ3n) is 6.06. The molecule has 0 radical (unpaired) electrons. The molecule has 0 spiro atoms. The SMILES string of the molecule is C=C1C(=O)O[C@H]2[C@H]1[C@@H](OC(=O)[C@H](C)CO)C[C@@]1(C)[C@H](O)CCC(=O)[C@H]21. The molecule has 1 heterocycles. The second kappa shape index (κ2) is 6.21. The summed E-state index contributed by atoms with van der Waals surface area (Å²) < 4.78 is 11.0. The van der Waals surface area contributed by atoms with Gasteiger partial charge in [0, 0.05) is 17.4 Å². The first-order valence-corrected chi connectivity index (χ1v) is 8.62. The molecule has 0 aromatic heterocycles. The molecule has 0 bridgehead atoms. The van der Waals surface area contributed by atoms with Crippen molar-refractivity contribution in [3.8, 4) is 0 Å². The van der Waals surface area contributed by atoms with Gasteiger partial charge in [0.25, 0.3) is 0 Å². The third kappa shape index (κ3) is 2.69. The molecule has 25 heavy (non-hydrogen) atoms. The van der Waals surface area contributed by atoms with Crippen molar-refractivity contribution in [2.45, 2.75) is 51.4 Å². The number of carbonyl (C=O) groups excluding carboxylic acids is 3. The van der Waals surface area contributed by atoms with E-state index in [4.69, 9.17) is 14.6 Å². The molecule has 3 aliphatic rings. The fourth-order valence-electron chi connectivity index (χ4n) is 4.49. The predicted molar refractivity (Wildman–Crippen MR) is 85.1 cm³/mol. The molecular weight excluding hydrogens is 328 g/mol. The van der Waals surface area contributed by atoms with E-state index < -0.39 is 53.4 Å². The first-order chi connectivity index (χ1) is 11.7. The zero-order valence-corrected chi connectivity index (χ0v) is 14.4. The van der Waals surface area contributed by atoms with Gasteiger partial charge in [0.2, 0.25) is 0 Å². The van der Waals surface area contributed by atoms with Gasteiger partial charge in [-0.15, -0.1) is 0 Å². The number of ketones is 1. The van der Waals surface area contributed by atoms with E-state index in [1.54, 1.807) is 6.92 Å². The molecule has 2 N–H and O–H groups in total. The summed E-state index contributed by atoms with van der Waals surface area (Å²) in [5.74, 6) is -3.16. The number of hydrogen-bond donors (Lipinski definition) is 2. The summed E-state index contributed by atoms with van der Waals surface area (Å²) in [5, 5.41) is 19.7. The lowest BCUT2D eigenvalue weighted by molar-refractivity contribution is -0.190. The van der Waals surface area contributed by atoms with E-state index in [1.165, 1.54) is 6.92 Å². The highest BCUT2D eigenvalue weighted by molar-refractivity contribution is 5.93. The maximum absolute atomic E-state index is 12.5. The maximum Gasteiger partial charge on any atom is 0.334 e. The minimum Gasteiger partial charge on any atom is -0.461 e. The van der Waals surface area contributed by atoms with Crippen molar-refractivity contribution in [3.63, 3.8) is 0 Å². The summed E-state index contributed by atoms with van der Waals surface area (Å²) in [7, 11) is 0. The summed E-state index contributed by atoms with van der Waals surface area (Å²) in [6.45, 7) is 6.72. The smallest absolute Gasteiger partial charge is 0.334 e. The minimum absolute atomic E-state index is 0.0428. The average molecular weight is 352 g/mol. The van der Waals surface area contributed by atoms with Crippen LogP contribution in [0.5, 0.6) is 0 Å². The van der Waals surface area contributed by atoms with Crippen LogP contribution in [0, 0.1) is 23.2 Å². The Morgan fingerprint density at radius 1 is 1.48 bits per heavy atom. The summed E-state index contributed by atoms with van der Waals surface area (Å²) in [5.41, 5.74) is -0.649. The van der Waals surface area contributed by atoms with Gasteiger partial charge in [-0.05, 0) is 19.8 Å². The molecule has 7 nitrogen and oxygen atoms in total. The quantitative estimate of drug-likeness (QED) is 0.558. The van der Waals surface area contributed by atoms with Gasteiger partial charge in [0.05, 0.1) is 30.5 Å². The van der Waals surface area contributed by atoms with Crippen LogP contribution in [0.2, 0.25) is 0 Å². The van der Waals surface area contributed by atoms with Crippen LogP contribution in [0.1, 0.15) is 33.1 Å². The summed E-state index contributed by atoms with van der Waals surface area (Å²) >= 11 is 0. The predicted octanol–water partition coefficient (Wildman–Crippen LogP) is 0.374. The number of carbonyl (C=O) groups is 3. The molecule has 0 aromatic carbocycles. The highest BCUT2D eigenvalue weighted by Gasteiger charge is 2.64. The molecule has 2 saturated carbocycles. The van der Waals surface area contributed by atoms with Gasteiger partial charge in [-0.3, -0.25) is 9.59 Å². The van der Waals surface area contributed by atoms with Gasteiger partial charge in [0.1, 0.15) is 18.0 Å². The van der Waals surface area contributed by atoms with Crippen molar-refractivity contribution in [2.24, 2.45) is 23.2 Å². The molecule has 138 valence electrons. The van der Waals surface area contributed by atoms with Crippen molar-refractivity contribution >= 4 is 17.7 Å². The highest BCUT2D eigenvalue weighted by Crippen LogP contribution is 2.55. The molecule has 0 amide bonds. The molecular formula is C18H24O7. The first-order valence-electron chi connectivity index (χ1n) is 8.62. The fourth-order valence-corrected chi connectivity index (χ4v) is 4.49. The lowest BCUT2D eigenvalue weighted by Crippen LogP contribution is -2.60. The van der Waals surface area contributed by atoms with E-state index in [2.05, 4.69) is 6.58 Å². The monoisotopic (exact) mass is 352 g/mol. The van der Waals surface area contributed by atoms with Crippen molar-refractivity contribution in [1.82, 2.24) is 0 Å². The van der Waals surface area contributed by atoms with E-state index in [1.807, 2.05) is 0 Å². The number of aliphatic hydroxyl groups is 2. The maximum atomic E-state index is 12.5. The Morgan fingerprint density at radius 3 is 2.80 bits per heavy atom. The third-order valence-corrected chi connectivity index (χ3v) is 6.06. The van der Waals surface area contributed by atoms with Crippen LogP contribution in [0.4, 0.5) is 0 Å². The number of esters is 2. The van der Waals surface area contributed by atoms with E-state index in [9.17, 15) is 19.5 Å². The average Bonchev–Trinajstić information content (AvgIpc) is 2.85. The number of aliphatic hydroxyl groups excluding tert-OH is 2. The van der Waals surface area contributed by atoms with Crippen molar-refractivity contribution in [3.05, 3.63) is 12.2 Å². The Hall–Kier alpha value is -1.73. The van der Waals surface area contributed by atoms with Crippen LogP contribution in [-0.2, 0) is 23.9 Å². The molecule has 3 fully saturated rings. The lowest BCUT2D eigenvalue weighted by atomic mass is 9.54. The van der Waals surface area contributed by atoms with Gasteiger partial charge in [-0.2, -0.15) is 0 Å². The highest BCUT2D eigenvalue weighted by atomic mass is 16.6. The molecule has 1 saturated heterocycles. The Balaban J connectivity index is 1.96. The number of ether oxygens (including phenoxy) is 2. The van der Waals surface area contributed by atoms with E-state index >= 15 is 0 Å². The van der Waals surface area contributed by atoms with E-state index in [0.29, 0.717) is 6.42 Å². The molecule has 7 heteroatoms. The second-order valence-electron chi connectivity index (χ2n) is 7.69. The van der Waals surface area contributed by atoms with E-state index in [-0.39, 0.29) is 30.8 Å². The Morgan fingerprint density at radius 2 is 2.16 bits per heavy atom. The number of hydrogen-bond acceptors (Lipinski definition) is 7. The number of Topliss-reactive ketones (excluding diaryl/α,β-unsaturated/α-hetero) is 1. The van der Waals surface area contributed by atoms with Gasteiger partial charge in [0.15, 0.2) is 0 Å². The standard InChI is InChI=1S/C18H24O7/c1-8(7-19)16(22)24-11-6-18(3)12(21)5-4-10(20)14(18)15-13(11)9(2)17(23)25-15/h8,11-15,19,21H,2,4-7H2,1,3H3/t8-,11+,12-,13-,14-,15+,18+/m1/s1. The lowest BCUT2D eigenvalue weighted by Gasteiger charge is -2.52. The summed E-state index contributed by atoms with van der Waals surface area (Å²) in [6.07, 6.45) is -1.44. The van der Waals surface area contributed by atoms with Crippen molar-refractivity contribution in [2.75, 3.05) is 6.61 Å². The second-order valence-corrected chi connectivity index (χ2v) is 7.69. The summed E-state index contributed by atoms with van der Waals surface area (Å²) in [4.78, 5) is 36.8. The van der Waals surface area contributed by atoms with Crippen molar-refractivity contribution in [1.29, 1.82) is 0 Å². The van der Waals surface area contributed by atoms with Crippen LogP contribution in [-0.4, -0.2) is 52.9 Å². The Kier molecular flexibility index (Phi) is 4.49. The van der Waals surface area contributed by atoms with E-state index in [0.717, 1.165) is 0 Å². The molecule has 3 rings (SSSR count). The Bertz CT molecular complexity index is 627. The van der Waals surface area contributed by atoms with Crippen molar-refractivity contribution < 1.29 is 34.1 Å². The van der Waals surface area contributed by atoms with Crippen LogP contribution in [0.3, 0.4) is 0 Å². The Labute approximate surface area is 146 Å². The van der Waals surface area contributed by atoms with Crippen LogP contribution in [0.25, 0.3) is 0 Å². The largest absolute Gasteiger partial charge is 0.461 e. The zero-order chi connectivity index (χ0) is 18.5. The first kappa shape index (κ1) is 18.1. The van der Waals surface area contributed by atoms with Crippen LogP contribution < -0.4 is 0 Å². The topological polar surface area (TPSA) is 110 Å². The van der Waals surface area contributed by atoms with Gasteiger partial charge >= 0.3 is 11.9 Å². The zero-order valence-electron chi connectivity index (χ0n) is 14.4. The van der Waals surface area contributed by atoms with Crippen LogP contribution >= 0.6 is 0 Å². The van der Waals surface area contributed by atoms with Gasteiger partial charge < -0.3 is 19.7 Å². The number of fused-ring (bicyclic) bond motifs is 3. The summed E-state index contributed by atoms with van der Waals surface area (Å²) in [6, 6.07) is 0. The molecule has 1 aliphatic heterocycles. The van der Waals surface area contributed by atoms with Crippen LogP contribution in [0.15, 0.2) is 12.2 Å². The van der Waals surface area contributed by atoms with Gasteiger partial charge in [-0.1, -0.05) is 13.5 Å². The molecule has 2 aliphatic carbocycles. The minimum atomic E-state index is -0.838.